The Morgan fingerprint density at radius 1 is 0.920 bits per heavy atom. The van der Waals surface area contributed by atoms with Gasteiger partial charge in [-0.2, -0.15) is 4.80 Å². The molecule has 1 atom stereocenters. The lowest BCUT2D eigenvalue weighted by molar-refractivity contribution is 0.382. The third-order valence-electron chi connectivity index (χ3n) is 3.70. The Morgan fingerprint density at radius 3 is 2.44 bits per heavy atom. The maximum absolute atomic E-state index is 5.76. The summed E-state index contributed by atoms with van der Waals surface area (Å²) in [5, 5.41) is 20.8. The molecule has 0 fully saturated rings. The second-order valence-electron chi connectivity index (χ2n) is 5.43. The second-order valence-corrected chi connectivity index (χ2v) is 6.34. The fourth-order valence-corrected chi connectivity index (χ4v) is 2.57. The van der Waals surface area contributed by atoms with Crippen LogP contribution in [0.1, 0.15) is 18.9 Å². The van der Waals surface area contributed by atoms with Gasteiger partial charge in [0.2, 0.25) is 17.6 Å². The summed E-state index contributed by atoms with van der Waals surface area (Å²) in [6, 6.07) is 17.0. The Morgan fingerprint density at radius 2 is 1.68 bits per heavy atom. The van der Waals surface area contributed by atoms with Crippen LogP contribution in [-0.4, -0.2) is 30.4 Å². The molecular formula is C17H13BrN6O. The SMILES string of the molecule is CC(c1nnc(-c2ccccc2)o1)n1nnc(-c2ccc(Br)cc2)n1. The fourth-order valence-electron chi connectivity index (χ4n) is 2.30. The zero-order chi connectivity index (χ0) is 17.2. The molecule has 0 aliphatic carbocycles. The molecule has 0 bridgehead atoms. The molecule has 0 aliphatic rings. The zero-order valence-corrected chi connectivity index (χ0v) is 14.8. The van der Waals surface area contributed by atoms with Gasteiger partial charge in [-0.15, -0.1) is 20.4 Å². The number of tetrazole rings is 1. The number of hydrogen-bond donors (Lipinski definition) is 0. The molecule has 8 heteroatoms. The molecule has 7 nitrogen and oxygen atoms in total. The number of benzene rings is 2. The lowest BCUT2D eigenvalue weighted by Crippen LogP contribution is -2.11. The van der Waals surface area contributed by atoms with Gasteiger partial charge in [-0.1, -0.05) is 34.1 Å². The molecule has 2 heterocycles. The minimum Gasteiger partial charge on any atom is -0.418 e. The van der Waals surface area contributed by atoms with Crippen molar-refractivity contribution in [2.24, 2.45) is 0 Å². The van der Waals surface area contributed by atoms with Crippen LogP contribution in [0, 0.1) is 0 Å². The quantitative estimate of drug-likeness (QED) is 0.522. The van der Waals surface area contributed by atoms with Gasteiger partial charge in [0.1, 0.15) is 6.04 Å². The number of halogens is 1. The van der Waals surface area contributed by atoms with Crippen LogP contribution < -0.4 is 0 Å². The van der Waals surface area contributed by atoms with Crippen molar-refractivity contribution in [3.63, 3.8) is 0 Å². The van der Waals surface area contributed by atoms with Crippen molar-refractivity contribution in [3.8, 4) is 22.8 Å². The number of nitrogens with zero attached hydrogens (tertiary/aromatic N) is 6. The summed E-state index contributed by atoms with van der Waals surface area (Å²) >= 11 is 3.41. The largest absolute Gasteiger partial charge is 0.418 e. The third-order valence-corrected chi connectivity index (χ3v) is 4.22. The monoisotopic (exact) mass is 396 g/mol. The van der Waals surface area contributed by atoms with E-state index in [-0.39, 0.29) is 6.04 Å². The molecule has 25 heavy (non-hydrogen) atoms. The third kappa shape index (κ3) is 3.20. The van der Waals surface area contributed by atoms with E-state index in [1.807, 2.05) is 61.5 Å². The summed E-state index contributed by atoms with van der Waals surface area (Å²) in [6.45, 7) is 1.88. The lowest BCUT2D eigenvalue weighted by atomic mass is 10.2. The van der Waals surface area contributed by atoms with E-state index in [0.29, 0.717) is 17.6 Å². The first-order chi connectivity index (χ1) is 12.2. The van der Waals surface area contributed by atoms with Crippen LogP contribution in [0.5, 0.6) is 0 Å². The average molecular weight is 397 g/mol. The Kier molecular flexibility index (Phi) is 4.10. The molecule has 4 aromatic rings. The van der Waals surface area contributed by atoms with Crippen LogP contribution in [-0.2, 0) is 0 Å². The average Bonchev–Trinajstić information content (AvgIpc) is 3.33. The van der Waals surface area contributed by atoms with Crippen LogP contribution in [0.2, 0.25) is 0 Å². The first-order valence-electron chi connectivity index (χ1n) is 7.65. The fraction of sp³-hybridized carbons (Fsp3) is 0.118. The van der Waals surface area contributed by atoms with Gasteiger partial charge < -0.3 is 4.42 Å². The molecule has 0 amide bonds. The van der Waals surface area contributed by atoms with Crippen molar-refractivity contribution < 1.29 is 4.42 Å². The molecule has 0 saturated carbocycles. The predicted octanol–water partition coefficient (Wildman–Crippen LogP) is 3.76. The smallest absolute Gasteiger partial charge is 0.247 e. The molecule has 4 rings (SSSR count). The van der Waals surface area contributed by atoms with E-state index in [0.717, 1.165) is 15.6 Å². The molecular weight excluding hydrogens is 384 g/mol. The molecule has 0 saturated heterocycles. The van der Waals surface area contributed by atoms with E-state index in [1.54, 1.807) is 0 Å². The maximum Gasteiger partial charge on any atom is 0.247 e. The van der Waals surface area contributed by atoms with E-state index in [2.05, 4.69) is 41.5 Å². The van der Waals surface area contributed by atoms with Crippen molar-refractivity contribution in [2.45, 2.75) is 13.0 Å². The number of hydrogen-bond acceptors (Lipinski definition) is 6. The van der Waals surface area contributed by atoms with Gasteiger partial charge >= 0.3 is 0 Å². The van der Waals surface area contributed by atoms with E-state index in [9.17, 15) is 0 Å². The summed E-state index contributed by atoms with van der Waals surface area (Å²) in [7, 11) is 0. The van der Waals surface area contributed by atoms with Gasteiger partial charge in [0, 0.05) is 15.6 Å². The van der Waals surface area contributed by atoms with E-state index >= 15 is 0 Å². The van der Waals surface area contributed by atoms with Crippen molar-refractivity contribution in [1.82, 2.24) is 30.4 Å². The van der Waals surface area contributed by atoms with E-state index in [4.69, 9.17) is 4.42 Å². The highest BCUT2D eigenvalue weighted by atomic mass is 79.9. The van der Waals surface area contributed by atoms with Crippen LogP contribution in [0.15, 0.2) is 63.5 Å². The molecule has 2 aromatic carbocycles. The van der Waals surface area contributed by atoms with Crippen molar-refractivity contribution in [2.75, 3.05) is 0 Å². The summed E-state index contributed by atoms with van der Waals surface area (Å²) in [5.41, 5.74) is 1.76. The van der Waals surface area contributed by atoms with E-state index < -0.39 is 0 Å². The summed E-state index contributed by atoms with van der Waals surface area (Å²) < 4.78 is 6.76. The van der Waals surface area contributed by atoms with Crippen molar-refractivity contribution >= 4 is 15.9 Å². The van der Waals surface area contributed by atoms with E-state index in [1.165, 1.54) is 4.80 Å². The first-order valence-corrected chi connectivity index (χ1v) is 8.44. The molecule has 1 unspecified atom stereocenters. The Labute approximate surface area is 151 Å². The summed E-state index contributed by atoms with van der Waals surface area (Å²) in [4.78, 5) is 1.47. The number of rotatable bonds is 4. The van der Waals surface area contributed by atoms with Crippen LogP contribution in [0.25, 0.3) is 22.8 Å². The lowest BCUT2D eigenvalue weighted by Gasteiger charge is -2.03. The Hall–Kier alpha value is -2.87. The van der Waals surface area contributed by atoms with Crippen LogP contribution in [0.4, 0.5) is 0 Å². The highest BCUT2D eigenvalue weighted by Gasteiger charge is 2.19. The maximum atomic E-state index is 5.76. The normalized spacial score (nSPS) is 12.2. The molecule has 0 radical (unpaired) electrons. The van der Waals surface area contributed by atoms with Crippen molar-refractivity contribution in [3.05, 3.63) is 65.0 Å². The highest BCUT2D eigenvalue weighted by Crippen LogP contribution is 2.23. The van der Waals surface area contributed by atoms with Gasteiger partial charge in [-0.05, 0) is 48.5 Å². The highest BCUT2D eigenvalue weighted by molar-refractivity contribution is 9.10. The topological polar surface area (TPSA) is 82.5 Å². The van der Waals surface area contributed by atoms with Crippen molar-refractivity contribution in [1.29, 1.82) is 0 Å². The van der Waals surface area contributed by atoms with Crippen LogP contribution >= 0.6 is 15.9 Å². The first kappa shape index (κ1) is 15.6. The van der Waals surface area contributed by atoms with Gasteiger partial charge in [0.25, 0.3) is 0 Å². The second kappa shape index (κ2) is 6.56. The van der Waals surface area contributed by atoms with Gasteiger partial charge in [-0.25, -0.2) is 0 Å². The van der Waals surface area contributed by atoms with Gasteiger partial charge in [0.15, 0.2) is 0 Å². The molecule has 124 valence electrons. The summed E-state index contributed by atoms with van der Waals surface area (Å²) in [5.74, 6) is 1.44. The van der Waals surface area contributed by atoms with Crippen LogP contribution in [0.3, 0.4) is 0 Å². The molecule has 2 aromatic heterocycles. The zero-order valence-electron chi connectivity index (χ0n) is 13.2. The van der Waals surface area contributed by atoms with Gasteiger partial charge in [-0.3, -0.25) is 0 Å². The predicted molar refractivity (Wildman–Crippen MR) is 94.5 cm³/mol. The molecule has 0 aliphatic heterocycles. The molecule has 0 N–H and O–H groups in total. The summed E-state index contributed by atoms with van der Waals surface area (Å²) in [6.07, 6.45) is 0. The number of aromatic nitrogens is 6. The minimum absolute atomic E-state index is 0.318. The van der Waals surface area contributed by atoms with Gasteiger partial charge in [0.05, 0.1) is 0 Å². The standard InChI is InChI=1S/C17H13BrN6O/c1-11(16-20-21-17(25-16)13-5-3-2-4-6-13)24-22-15(19-23-24)12-7-9-14(18)10-8-12/h2-11H,1H3. The Balaban J connectivity index is 1.58. The Bertz CT molecular complexity index is 980. The molecule has 0 spiro atoms. The minimum atomic E-state index is -0.318.